The Kier molecular flexibility index (Phi) is 3.25. The molecule has 26 heavy (non-hydrogen) atoms. The van der Waals surface area contributed by atoms with Gasteiger partial charge in [-0.25, -0.2) is 9.97 Å². The van der Waals surface area contributed by atoms with Crippen LogP contribution in [0.1, 0.15) is 0 Å². The van der Waals surface area contributed by atoms with Crippen LogP contribution in [0.15, 0.2) is 66.7 Å². The minimum atomic E-state index is 0.701. The van der Waals surface area contributed by atoms with Crippen LogP contribution < -0.4 is 10.1 Å². The number of nitrogens with one attached hydrogen (secondary N) is 2. The van der Waals surface area contributed by atoms with Gasteiger partial charge in [-0.3, -0.25) is 0 Å². The summed E-state index contributed by atoms with van der Waals surface area (Å²) in [5.41, 5.74) is 4.62. The number of aromatic amines is 1. The number of ether oxygens (including phenoxy) is 1. The van der Waals surface area contributed by atoms with Gasteiger partial charge in [-0.15, -0.1) is 0 Å². The average molecular weight is 340 g/mol. The van der Waals surface area contributed by atoms with E-state index in [9.17, 15) is 0 Å². The number of nitrogens with zero attached hydrogens (tertiary/aromatic N) is 2. The van der Waals surface area contributed by atoms with E-state index in [1.54, 1.807) is 7.11 Å². The molecule has 0 bridgehead atoms. The molecule has 0 amide bonds. The monoisotopic (exact) mass is 340 g/mol. The number of hydrogen-bond donors (Lipinski definition) is 2. The van der Waals surface area contributed by atoms with Crippen LogP contribution in [0.25, 0.3) is 32.8 Å². The van der Waals surface area contributed by atoms with Gasteiger partial charge >= 0.3 is 0 Å². The normalized spacial score (nSPS) is 11.3. The van der Waals surface area contributed by atoms with E-state index in [0.29, 0.717) is 5.95 Å². The maximum Gasteiger partial charge on any atom is 0.205 e. The minimum Gasteiger partial charge on any atom is -0.494 e. The fourth-order valence-electron chi connectivity index (χ4n) is 3.32. The SMILES string of the molecule is COc1cccc2c(Nc3nc4ccccc4[nH]3)c3ccccc3nc12. The van der Waals surface area contributed by atoms with Gasteiger partial charge < -0.3 is 15.0 Å². The molecule has 0 aliphatic heterocycles. The molecule has 0 radical (unpaired) electrons. The van der Waals surface area contributed by atoms with Gasteiger partial charge in [-0.2, -0.15) is 0 Å². The van der Waals surface area contributed by atoms with E-state index >= 15 is 0 Å². The predicted octanol–water partition coefficient (Wildman–Crippen LogP) is 5.02. The van der Waals surface area contributed by atoms with Crippen molar-refractivity contribution in [2.45, 2.75) is 0 Å². The molecule has 126 valence electrons. The van der Waals surface area contributed by atoms with E-state index in [2.05, 4.69) is 21.4 Å². The topological polar surface area (TPSA) is 62.8 Å². The summed E-state index contributed by atoms with van der Waals surface area (Å²) in [6.45, 7) is 0. The van der Waals surface area contributed by atoms with Crippen molar-refractivity contribution in [3.63, 3.8) is 0 Å². The summed E-state index contributed by atoms with van der Waals surface area (Å²) >= 11 is 0. The lowest BCUT2D eigenvalue weighted by molar-refractivity contribution is 0.419. The maximum absolute atomic E-state index is 5.52. The third kappa shape index (κ3) is 2.25. The van der Waals surface area contributed by atoms with Gasteiger partial charge in [0.2, 0.25) is 5.95 Å². The Balaban J connectivity index is 1.78. The largest absolute Gasteiger partial charge is 0.494 e. The van der Waals surface area contributed by atoms with Gasteiger partial charge in [0.15, 0.2) is 0 Å². The van der Waals surface area contributed by atoms with Crippen molar-refractivity contribution in [3.8, 4) is 5.75 Å². The van der Waals surface area contributed by atoms with Crippen molar-refractivity contribution < 1.29 is 4.74 Å². The zero-order chi connectivity index (χ0) is 17.5. The molecule has 0 atom stereocenters. The molecule has 0 fully saturated rings. The molecule has 5 aromatic rings. The van der Waals surface area contributed by atoms with Crippen LogP contribution >= 0.6 is 0 Å². The molecule has 2 heterocycles. The lowest BCUT2D eigenvalue weighted by Gasteiger charge is -2.13. The summed E-state index contributed by atoms with van der Waals surface area (Å²) in [5.74, 6) is 1.45. The van der Waals surface area contributed by atoms with E-state index < -0.39 is 0 Å². The number of rotatable bonds is 3. The van der Waals surface area contributed by atoms with Crippen molar-refractivity contribution in [1.82, 2.24) is 15.0 Å². The Morgan fingerprint density at radius 3 is 2.42 bits per heavy atom. The lowest BCUT2D eigenvalue weighted by atomic mass is 10.1. The summed E-state index contributed by atoms with van der Waals surface area (Å²) in [5, 5.41) is 5.49. The number of methoxy groups -OCH3 is 1. The predicted molar refractivity (Wildman–Crippen MR) is 105 cm³/mol. The van der Waals surface area contributed by atoms with Crippen LogP contribution in [-0.4, -0.2) is 22.1 Å². The van der Waals surface area contributed by atoms with Gasteiger partial charge in [-0.05, 0) is 24.3 Å². The van der Waals surface area contributed by atoms with E-state index in [0.717, 1.165) is 44.3 Å². The van der Waals surface area contributed by atoms with Gasteiger partial charge in [0, 0.05) is 10.8 Å². The Morgan fingerprint density at radius 1 is 0.808 bits per heavy atom. The second-order valence-electron chi connectivity index (χ2n) is 6.09. The standard InChI is InChI=1S/C21H16N4O/c1-26-18-12-6-8-14-19(13-7-2-3-9-15(13)22-20(14)18)25-21-23-16-10-4-5-11-17(16)24-21/h2-12H,1H3,(H2,22,23,24,25). The minimum absolute atomic E-state index is 0.701. The van der Waals surface area contributed by atoms with Crippen LogP contribution in [0.5, 0.6) is 5.75 Å². The second-order valence-corrected chi connectivity index (χ2v) is 6.09. The molecule has 0 saturated carbocycles. The molecule has 3 aromatic carbocycles. The Bertz CT molecular complexity index is 1230. The number of aromatic nitrogens is 3. The summed E-state index contributed by atoms with van der Waals surface area (Å²) < 4.78 is 5.52. The second kappa shape index (κ2) is 5.74. The highest BCUT2D eigenvalue weighted by Gasteiger charge is 2.13. The van der Waals surface area contributed by atoms with E-state index in [4.69, 9.17) is 9.72 Å². The first-order chi connectivity index (χ1) is 12.8. The van der Waals surface area contributed by atoms with Crippen LogP contribution in [-0.2, 0) is 0 Å². The smallest absolute Gasteiger partial charge is 0.205 e. The average Bonchev–Trinajstić information content (AvgIpc) is 3.10. The first kappa shape index (κ1) is 14.7. The molecule has 2 N–H and O–H groups in total. The molecular formula is C21H16N4O. The third-order valence-electron chi connectivity index (χ3n) is 4.53. The van der Waals surface area contributed by atoms with Gasteiger partial charge in [-0.1, -0.05) is 42.5 Å². The molecule has 5 rings (SSSR count). The number of fused-ring (bicyclic) bond motifs is 3. The van der Waals surface area contributed by atoms with E-state index in [1.807, 2.05) is 60.7 Å². The Hall–Kier alpha value is -3.60. The maximum atomic E-state index is 5.52. The number of pyridine rings is 1. The zero-order valence-electron chi connectivity index (χ0n) is 14.2. The number of benzene rings is 3. The number of anilines is 2. The van der Waals surface area contributed by atoms with Crippen molar-refractivity contribution in [2.75, 3.05) is 12.4 Å². The molecule has 2 aromatic heterocycles. The van der Waals surface area contributed by atoms with Gasteiger partial charge in [0.05, 0.1) is 29.3 Å². The summed E-state index contributed by atoms with van der Waals surface area (Å²) in [4.78, 5) is 12.8. The molecule has 0 aliphatic carbocycles. The summed E-state index contributed by atoms with van der Waals surface area (Å²) in [6.07, 6.45) is 0. The van der Waals surface area contributed by atoms with Crippen molar-refractivity contribution in [1.29, 1.82) is 0 Å². The summed E-state index contributed by atoms with van der Waals surface area (Å²) in [7, 11) is 1.66. The molecular weight excluding hydrogens is 324 g/mol. The Labute approximate surface area is 149 Å². The first-order valence-corrected chi connectivity index (χ1v) is 8.41. The van der Waals surface area contributed by atoms with Crippen LogP contribution in [0, 0.1) is 0 Å². The number of hydrogen-bond acceptors (Lipinski definition) is 4. The first-order valence-electron chi connectivity index (χ1n) is 8.41. The molecule has 0 aliphatic rings. The molecule has 5 nitrogen and oxygen atoms in total. The molecule has 0 spiro atoms. The van der Waals surface area contributed by atoms with Crippen molar-refractivity contribution in [2.24, 2.45) is 0 Å². The molecule has 0 unspecified atom stereocenters. The van der Waals surface area contributed by atoms with Crippen LogP contribution in [0.2, 0.25) is 0 Å². The lowest BCUT2D eigenvalue weighted by Crippen LogP contribution is -1.98. The quantitative estimate of drug-likeness (QED) is 0.453. The fraction of sp³-hybridized carbons (Fsp3) is 0.0476. The van der Waals surface area contributed by atoms with Crippen molar-refractivity contribution in [3.05, 3.63) is 66.7 Å². The van der Waals surface area contributed by atoms with Crippen LogP contribution in [0.3, 0.4) is 0 Å². The highest BCUT2D eigenvalue weighted by molar-refractivity contribution is 6.10. The third-order valence-corrected chi connectivity index (χ3v) is 4.53. The van der Waals surface area contributed by atoms with E-state index in [-0.39, 0.29) is 0 Å². The number of para-hydroxylation sites is 4. The van der Waals surface area contributed by atoms with E-state index in [1.165, 1.54) is 0 Å². The molecule has 5 heteroatoms. The highest BCUT2D eigenvalue weighted by atomic mass is 16.5. The summed E-state index contributed by atoms with van der Waals surface area (Å²) in [6, 6.07) is 22.0. The van der Waals surface area contributed by atoms with Crippen molar-refractivity contribution >= 4 is 44.5 Å². The number of H-pyrrole nitrogens is 1. The van der Waals surface area contributed by atoms with Gasteiger partial charge in [0.1, 0.15) is 11.3 Å². The zero-order valence-corrected chi connectivity index (χ0v) is 14.2. The Morgan fingerprint density at radius 2 is 1.58 bits per heavy atom. The highest BCUT2D eigenvalue weighted by Crippen LogP contribution is 2.36. The van der Waals surface area contributed by atoms with Crippen LogP contribution in [0.4, 0.5) is 11.6 Å². The molecule has 0 saturated heterocycles. The fourth-order valence-corrected chi connectivity index (χ4v) is 3.32. The van der Waals surface area contributed by atoms with Gasteiger partial charge in [0.25, 0.3) is 0 Å². The number of imidazole rings is 1.